The molecular weight excluding hydrogens is 1200 g/mol. The van der Waals surface area contributed by atoms with Crippen LogP contribution in [0.4, 0.5) is 11.4 Å². The van der Waals surface area contributed by atoms with Crippen LogP contribution in [0.2, 0.25) is 20.1 Å². The summed E-state index contributed by atoms with van der Waals surface area (Å²) in [5, 5.41) is 22.3. The largest absolute Gasteiger partial charge is 0.489 e. The Morgan fingerprint density at radius 1 is 0.500 bits per heavy atom. The van der Waals surface area contributed by atoms with Crippen LogP contribution in [0.25, 0.3) is 0 Å². The van der Waals surface area contributed by atoms with Gasteiger partial charge in [-0.25, -0.2) is 0 Å². The highest BCUT2D eigenvalue weighted by molar-refractivity contribution is 6.42. The van der Waals surface area contributed by atoms with Gasteiger partial charge in [-0.05, 0) is 143 Å². The second kappa shape index (κ2) is 26.7. The van der Waals surface area contributed by atoms with Gasteiger partial charge in [0.2, 0.25) is 12.2 Å². The number of anilines is 2. The van der Waals surface area contributed by atoms with Crippen molar-refractivity contribution in [1.82, 2.24) is 9.80 Å². The lowest BCUT2D eigenvalue weighted by Gasteiger charge is -2.41. The fourth-order valence-corrected chi connectivity index (χ4v) is 12.8. The minimum atomic E-state index is -0.854. The van der Waals surface area contributed by atoms with Crippen LogP contribution in [-0.2, 0) is 58.3 Å². The van der Waals surface area contributed by atoms with Crippen molar-refractivity contribution < 1.29 is 48.3 Å². The third-order valence-corrected chi connectivity index (χ3v) is 18.4. The van der Waals surface area contributed by atoms with E-state index in [0.29, 0.717) is 105 Å². The quantitative estimate of drug-likeness (QED) is 0.0944. The third kappa shape index (κ3) is 13.1. The molecule has 14 nitrogen and oxygen atoms in total. The smallest absolute Gasteiger partial charge is 0.321 e. The van der Waals surface area contributed by atoms with Gasteiger partial charge in [-0.15, -0.1) is 0 Å². The number of hydrogen-bond donors (Lipinski definition) is 2. The van der Waals surface area contributed by atoms with E-state index in [4.69, 9.17) is 65.4 Å². The highest BCUT2D eigenvalue weighted by atomic mass is 35.5. The fourth-order valence-electron chi connectivity index (χ4n) is 12.2. The Hall–Kier alpha value is -8.08. The number of carbonyl (C=O) groups excluding carboxylic acids is 2. The summed E-state index contributed by atoms with van der Waals surface area (Å²) in [6.07, 6.45) is 0.587. The molecule has 8 aromatic rings. The summed E-state index contributed by atoms with van der Waals surface area (Å²) in [5.74, 6) is 0.356. The average Bonchev–Trinajstić information content (AvgIpc) is 1.48. The molecule has 18 heteroatoms. The van der Waals surface area contributed by atoms with Gasteiger partial charge >= 0.3 is 11.9 Å². The normalized spacial score (nSPS) is 18.6. The highest BCUT2D eigenvalue weighted by Crippen LogP contribution is 2.46. The molecule has 0 spiro atoms. The predicted octanol–water partition coefficient (Wildman–Crippen LogP) is 15.3. The summed E-state index contributed by atoms with van der Waals surface area (Å²) in [4.78, 5) is 59.1. The molecule has 2 amide bonds. The van der Waals surface area contributed by atoms with Gasteiger partial charge in [0.15, 0.2) is 0 Å². The zero-order chi connectivity index (χ0) is 61.9. The molecule has 0 aliphatic carbocycles. The Labute approximate surface area is 531 Å². The zero-order valence-corrected chi connectivity index (χ0v) is 51.8. The Morgan fingerprint density at radius 2 is 0.875 bits per heavy atom. The van der Waals surface area contributed by atoms with Crippen LogP contribution < -0.4 is 28.7 Å². The van der Waals surface area contributed by atoms with Crippen molar-refractivity contribution in [2.24, 2.45) is 0 Å². The Morgan fingerprint density at radius 3 is 1.22 bits per heavy atom. The molecular formula is C70H64Cl4N4O10. The lowest BCUT2D eigenvalue weighted by atomic mass is 9.89. The third-order valence-electron chi connectivity index (χ3n) is 16.9. The molecule has 4 aliphatic heterocycles. The number of carbonyl (C=O) groups is 4. The molecule has 4 heterocycles. The highest BCUT2D eigenvalue weighted by Gasteiger charge is 2.42. The van der Waals surface area contributed by atoms with E-state index in [1.54, 1.807) is 48.2 Å². The molecule has 452 valence electrons. The number of benzene rings is 8. The van der Waals surface area contributed by atoms with Crippen LogP contribution in [0.5, 0.6) is 23.0 Å². The van der Waals surface area contributed by atoms with E-state index in [0.717, 1.165) is 57.3 Å². The molecule has 0 aromatic heterocycles. The van der Waals surface area contributed by atoms with Crippen LogP contribution in [0, 0.1) is 0 Å². The summed E-state index contributed by atoms with van der Waals surface area (Å²) in [6.45, 7) is 5.72. The maximum absolute atomic E-state index is 13.5. The zero-order valence-electron chi connectivity index (χ0n) is 48.7. The molecule has 2 N–H and O–H groups in total. The van der Waals surface area contributed by atoms with Gasteiger partial charge in [0.25, 0.3) is 11.8 Å². The van der Waals surface area contributed by atoms with E-state index >= 15 is 0 Å². The topological polar surface area (TPSA) is 159 Å². The van der Waals surface area contributed by atoms with Gasteiger partial charge < -0.3 is 39.0 Å². The average molecular weight is 1260 g/mol. The number of fused-ring (bicyclic) bond motifs is 4. The van der Waals surface area contributed by atoms with Crippen LogP contribution >= 0.6 is 46.4 Å². The van der Waals surface area contributed by atoms with Crippen molar-refractivity contribution in [3.63, 3.8) is 0 Å². The molecule has 0 unspecified atom stereocenters. The van der Waals surface area contributed by atoms with Crippen LogP contribution in [0.3, 0.4) is 0 Å². The number of carboxylic acids is 2. The van der Waals surface area contributed by atoms with Gasteiger partial charge in [0.05, 0.1) is 31.5 Å². The number of ether oxygens (including phenoxy) is 4. The van der Waals surface area contributed by atoms with E-state index in [1.165, 1.54) is 0 Å². The second-order valence-electron chi connectivity index (χ2n) is 22.3. The molecule has 4 aliphatic rings. The van der Waals surface area contributed by atoms with E-state index in [2.05, 4.69) is 23.6 Å². The number of nitrogens with zero attached hydrogens (tertiary/aromatic N) is 4. The molecule has 8 aromatic carbocycles. The first-order chi connectivity index (χ1) is 42.5. The lowest BCUT2D eigenvalue weighted by molar-refractivity contribution is -0.146. The van der Waals surface area contributed by atoms with E-state index in [1.807, 2.05) is 146 Å². The van der Waals surface area contributed by atoms with Crippen molar-refractivity contribution in [2.45, 2.75) is 102 Å². The van der Waals surface area contributed by atoms with Gasteiger partial charge in [0, 0.05) is 50.4 Å². The minimum absolute atomic E-state index is 0.0446. The lowest BCUT2D eigenvalue weighted by Crippen LogP contribution is -2.47. The summed E-state index contributed by atoms with van der Waals surface area (Å²) in [6, 6.07) is 51.6. The number of hydrogen-bond acceptors (Lipinski definition) is 10. The van der Waals surface area contributed by atoms with Crippen molar-refractivity contribution in [3.05, 3.63) is 246 Å². The molecule has 0 saturated heterocycles. The molecule has 6 atom stereocenters. The minimum Gasteiger partial charge on any atom is -0.489 e. The van der Waals surface area contributed by atoms with Gasteiger partial charge in [0.1, 0.15) is 48.3 Å². The molecule has 12 rings (SSSR count). The fraction of sp³-hybridized carbons (Fsp3) is 0.257. The van der Waals surface area contributed by atoms with Crippen molar-refractivity contribution in [1.29, 1.82) is 0 Å². The van der Waals surface area contributed by atoms with Crippen LogP contribution in [0.15, 0.2) is 170 Å². The second-order valence-corrected chi connectivity index (χ2v) is 23.9. The van der Waals surface area contributed by atoms with Crippen molar-refractivity contribution in [3.8, 4) is 23.0 Å². The molecule has 88 heavy (non-hydrogen) atoms. The van der Waals surface area contributed by atoms with Gasteiger partial charge in [-0.3, -0.25) is 29.0 Å². The molecule has 0 saturated carbocycles. The summed E-state index contributed by atoms with van der Waals surface area (Å²) in [7, 11) is 3.45. The number of halogens is 4. The summed E-state index contributed by atoms with van der Waals surface area (Å²) < 4.78 is 24.5. The maximum atomic E-state index is 13.5. The summed E-state index contributed by atoms with van der Waals surface area (Å²) >= 11 is 24.2. The monoisotopic (exact) mass is 1260 g/mol. The molecule has 0 radical (unpaired) electrons. The number of rotatable bonds is 16. The van der Waals surface area contributed by atoms with E-state index in [-0.39, 0.29) is 23.9 Å². The first-order valence-electron chi connectivity index (χ1n) is 29.1. The Balaban J connectivity index is 0.000000182. The number of aliphatic carboxylic acids is 2. The van der Waals surface area contributed by atoms with E-state index in [9.17, 15) is 29.4 Å². The Kier molecular flexibility index (Phi) is 18.7. The van der Waals surface area contributed by atoms with Gasteiger partial charge in [-0.1, -0.05) is 157 Å². The van der Waals surface area contributed by atoms with Crippen LogP contribution in [0.1, 0.15) is 107 Å². The Bertz CT molecular complexity index is 3640. The number of carboxylic acid groups (broad SMARTS) is 2. The van der Waals surface area contributed by atoms with Gasteiger partial charge in [-0.2, -0.15) is 0 Å². The summed E-state index contributed by atoms with van der Waals surface area (Å²) in [5.41, 5.74) is 10.5. The standard InChI is InChI=1S/2C35H32Cl2N2O5/c2*1-3-29(22-7-5-4-6-8-22)39-19-25-18-32-30(16-24(25)17-31(39)35(41)42)38(2)34(40)33(44-32)23-10-12-26(13-11-23)43-20-21-9-14-27(36)28(37)15-21/h2*4-16,18,29,31,33H,3,17,19-20H2,1-2H3,(H,41,42)/t29-,31+,33-;29-,31-,33+/m10/s1. The predicted molar refractivity (Wildman–Crippen MR) is 341 cm³/mol. The first kappa shape index (κ1) is 61.6. The SMILES string of the molecule is CC[C@@H](c1ccccc1)N1Cc2cc3c(cc2C[C@H]1C(=O)O)N(C)C(=O)[C@@H](c1ccc(OCc2ccc(Cl)c(Cl)c2)cc1)O3.CC[C@H](c1ccccc1)N1Cc2cc3c(cc2C[C@H]1C(=O)O)N(C)C(=O)[C@@H](c1ccc(OCc2ccc(Cl)c(Cl)c2)cc1)O3. The number of likely N-dealkylation sites (N-methyl/N-ethyl adjacent to an activating group) is 2. The maximum Gasteiger partial charge on any atom is 0.321 e. The van der Waals surface area contributed by atoms with E-state index < -0.39 is 36.2 Å². The van der Waals surface area contributed by atoms with Crippen molar-refractivity contribution in [2.75, 3.05) is 23.9 Å². The molecule has 0 bridgehead atoms. The van der Waals surface area contributed by atoms with Crippen molar-refractivity contribution >= 4 is 81.5 Å². The molecule has 0 fully saturated rings. The van der Waals surface area contributed by atoms with Crippen LogP contribution in [-0.4, -0.2) is 69.9 Å². The first-order valence-corrected chi connectivity index (χ1v) is 30.6. The number of amides is 2.